The summed E-state index contributed by atoms with van der Waals surface area (Å²) in [6, 6.07) is 6.35. The first-order valence-electron chi connectivity index (χ1n) is 5.19. The van der Waals surface area contributed by atoms with Crippen LogP contribution < -0.4 is 11.2 Å². The Labute approximate surface area is 113 Å². The maximum Gasteiger partial charge on any atom is 0.331 e. The zero-order valence-corrected chi connectivity index (χ0v) is 11.1. The van der Waals surface area contributed by atoms with Crippen molar-refractivity contribution in [1.82, 2.24) is 9.13 Å². The van der Waals surface area contributed by atoms with E-state index in [1.165, 1.54) is 16.8 Å². The van der Waals surface area contributed by atoms with Gasteiger partial charge in [-0.1, -0.05) is 29.3 Å². The molecule has 0 spiro atoms. The number of aromatic nitrogens is 2. The van der Waals surface area contributed by atoms with E-state index in [0.29, 0.717) is 10.0 Å². The van der Waals surface area contributed by atoms with Crippen molar-refractivity contribution in [2.45, 2.75) is 6.54 Å². The second-order valence-corrected chi connectivity index (χ2v) is 4.70. The van der Waals surface area contributed by atoms with Crippen molar-refractivity contribution in [3.63, 3.8) is 0 Å². The molecule has 94 valence electrons. The normalized spacial score (nSPS) is 10.6. The standard InChI is InChI=1S/C12H10Cl2N2O2/c1-15-5-4-11(17)16(12(15)18)7-8-2-3-9(13)10(14)6-8/h2-6H,7H2,1H3. The molecule has 2 aromatic rings. The molecule has 4 nitrogen and oxygen atoms in total. The lowest BCUT2D eigenvalue weighted by Crippen LogP contribution is -2.38. The summed E-state index contributed by atoms with van der Waals surface area (Å²) in [6.07, 6.45) is 1.44. The summed E-state index contributed by atoms with van der Waals surface area (Å²) in [5.41, 5.74) is 0.0348. The van der Waals surface area contributed by atoms with Gasteiger partial charge in [-0.15, -0.1) is 0 Å². The van der Waals surface area contributed by atoms with Crippen molar-refractivity contribution in [1.29, 1.82) is 0 Å². The Bertz CT molecular complexity index is 704. The van der Waals surface area contributed by atoms with E-state index in [4.69, 9.17) is 23.2 Å². The first kappa shape index (κ1) is 12.9. The minimum atomic E-state index is -0.367. The van der Waals surface area contributed by atoms with Gasteiger partial charge in [0.25, 0.3) is 5.56 Å². The fourth-order valence-electron chi connectivity index (χ4n) is 1.58. The van der Waals surface area contributed by atoms with Crippen molar-refractivity contribution >= 4 is 23.2 Å². The van der Waals surface area contributed by atoms with Crippen LogP contribution >= 0.6 is 23.2 Å². The largest absolute Gasteiger partial charge is 0.331 e. The summed E-state index contributed by atoms with van der Waals surface area (Å²) < 4.78 is 2.48. The van der Waals surface area contributed by atoms with Crippen LogP contribution in [0.3, 0.4) is 0 Å². The smallest absolute Gasteiger partial charge is 0.303 e. The highest BCUT2D eigenvalue weighted by molar-refractivity contribution is 6.42. The van der Waals surface area contributed by atoms with Crippen molar-refractivity contribution < 1.29 is 0 Å². The third kappa shape index (κ3) is 2.49. The highest BCUT2D eigenvalue weighted by Gasteiger charge is 2.05. The fourth-order valence-corrected chi connectivity index (χ4v) is 1.90. The van der Waals surface area contributed by atoms with Crippen molar-refractivity contribution in [3.05, 3.63) is 66.9 Å². The zero-order valence-electron chi connectivity index (χ0n) is 9.56. The van der Waals surface area contributed by atoms with Crippen LogP contribution in [0, 0.1) is 0 Å². The molecule has 1 heterocycles. The second kappa shape index (κ2) is 5.00. The molecule has 0 aliphatic heterocycles. The molecule has 2 rings (SSSR count). The van der Waals surface area contributed by atoms with Gasteiger partial charge in [-0.05, 0) is 17.7 Å². The Balaban J connectivity index is 2.46. The van der Waals surface area contributed by atoms with Crippen LogP contribution in [0.15, 0.2) is 40.1 Å². The topological polar surface area (TPSA) is 44.0 Å². The molecule has 0 saturated heterocycles. The molecule has 0 N–H and O–H groups in total. The molecular formula is C12H10Cl2N2O2. The minimum absolute atomic E-state index is 0.170. The third-order valence-electron chi connectivity index (χ3n) is 2.56. The minimum Gasteiger partial charge on any atom is -0.303 e. The number of nitrogens with zero attached hydrogens (tertiary/aromatic N) is 2. The van der Waals surface area contributed by atoms with Gasteiger partial charge in [-0.2, -0.15) is 0 Å². The molecule has 1 aromatic heterocycles. The SMILES string of the molecule is Cn1ccc(=O)n(Cc2ccc(Cl)c(Cl)c2)c1=O. The molecule has 0 atom stereocenters. The van der Waals surface area contributed by atoms with Crippen LogP contribution in [0.4, 0.5) is 0 Å². The summed E-state index contributed by atoms with van der Waals surface area (Å²) in [5.74, 6) is 0. The Hall–Kier alpha value is -1.52. The Morgan fingerprint density at radius 3 is 2.50 bits per heavy atom. The molecule has 0 saturated carbocycles. The number of rotatable bonds is 2. The summed E-state index contributed by atoms with van der Waals surface area (Å²) in [4.78, 5) is 23.5. The van der Waals surface area contributed by atoms with E-state index < -0.39 is 0 Å². The lowest BCUT2D eigenvalue weighted by atomic mass is 10.2. The molecule has 0 radical (unpaired) electrons. The van der Waals surface area contributed by atoms with Gasteiger partial charge < -0.3 is 4.57 Å². The molecule has 0 aliphatic carbocycles. The molecule has 0 aliphatic rings. The van der Waals surface area contributed by atoms with Gasteiger partial charge >= 0.3 is 5.69 Å². The summed E-state index contributed by atoms with van der Waals surface area (Å²) >= 11 is 11.7. The van der Waals surface area contributed by atoms with Gasteiger partial charge in [-0.3, -0.25) is 9.36 Å². The molecule has 18 heavy (non-hydrogen) atoms. The highest BCUT2D eigenvalue weighted by atomic mass is 35.5. The van der Waals surface area contributed by atoms with Gasteiger partial charge in [0.2, 0.25) is 0 Å². The van der Waals surface area contributed by atoms with Crippen molar-refractivity contribution in [2.75, 3.05) is 0 Å². The first-order chi connectivity index (χ1) is 8.49. The molecule has 1 aromatic carbocycles. The average Bonchev–Trinajstić information content (AvgIpc) is 2.34. The fraction of sp³-hybridized carbons (Fsp3) is 0.167. The van der Waals surface area contributed by atoms with E-state index in [0.717, 1.165) is 10.1 Å². The number of benzene rings is 1. The maximum atomic E-state index is 11.8. The van der Waals surface area contributed by atoms with E-state index in [1.807, 2.05) is 0 Å². The quantitative estimate of drug-likeness (QED) is 0.846. The van der Waals surface area contributed by atoms with Crippen LogP contribution in [0.25, 0.3) is 0 Å². The van der Waals surface area contributed by atoms with E-state index in [2.05, 4.69) is 0 Å². The van der Waals surface area contributed by atoms with Gasteiger partial charge in [0, 0.05) is 19.3 Å². The monoisotopic (exact) mass is 284 g/mol. The van der Waals surface area contributed by atoms with Crippen LogP contribution in [-0.4, -0.2) is 9.13 Å². The van der Waals surface area contributed by atoms with Crippen LogP contribution in [-0.2, 0) is 13.6 Å². The summed E-state index contributed by atoms with van der Waals surface area (Å²) in [6.45, 7) is 0.170. The second-order valence-electron chi connectivity index (χ2n) is 3.88. The number of aryl methyl sites for hydroxylation is 1. The Morgan fingerprint density at radius 1 is 1.11 bits per heavy atom. The van der Waals surface area contributed by atoms with Crippen molar-refractivity contribution in [3.8, 4) is 0 Å². The van der Waals surface area contributed by atoms with Gasteiger partial charge in [0.05, 0.1) is 16.6 Å². The van der Waals surface area contributed by atoms with E-state index >= 15 is 0 Å². The van der Waals surface area contributed by atoms with Gasteiger partial charge in [0.15, 0.2) is 0 Å². The third-order valence-corrected chi connectivity index (χ3v) is 3.30. The van der Waals surface area contributed by atoms with Crippen LogP contribution in [0.1, 0.15) is 5.56 Å². The average molecular weight is 285 g/mol. The molecule has 0 unspecified atom stereocenters. The summed E-state index contributed by atoms with van der Waals surface area (Å²) in [7, 11) is 1.59. The Kier molecular flexibility index (Phi) is 3.59. The van der Waals surface area contributed by atoms with Crippen LogP contribution in [0.5, 0.6) is 0 Å². The zero-order chi connectivity index (χ0) is 13.3. The first-order valence-corrected chi connectivity index (χ1v) is 5.95. The van der Waals surface area contributed by atoms with Gasteiger partial charge in [0.1, 0.15) is 0 Å². The lowest BCUT2D eigenvalue weighted by Gasteiger charge is -2.07. The van der Waals surface area contributed by atoms with E-state index in [1.54, 1.807) is 25.2 Å². The summed E-state index contributed by atoms with van der Waals surface area (Å²) in [5, 5.41) is 0.837. The predicted octanol–water partition coefficient (Wildman–Crippen LogP) is 1.90. The van der Waals surface area contributed by atoms with Crippen LogP contribution in [0.2, 0.25) is 10.0 Å². The molecule has 0 amide bonds. The van der Waals surface area contributed by atoms with Crippen molar-refractivity contribution in [2.24, 2.45) is 7.05 Å². The van der Waals surface area contributed by atoms with E-state index in [9.17, 15) is 9.59 Å². The molecule has 6 heteroatoms. The Morgan fingerprint density at radius 2 is 1.83 bits per heavy atom. The van der Waals surface area contributed by atoms with Gasteiger partial charge in [-0.25, -0.2) is 4.79 Å². The molecule has 0 fully saturated rings. The molecular weight excluding hydrogens is 275 g/mol. The lowest BCUT2D eigenvalue weighted by molar-refractivity contribution is 0.639. The number of hydrogen-bond acceptors (Lipinski definition) is 2. The predicted molar refractivity (Wildman–Crippen MR) is 71.5 cm³/mol. The highest BCUT2D eigenvalue weighted by Crippen LogP contribution is 2.22. The maximum absolute atomic E-state index is 11.8. The van der Waals surface area contributed by atoms with E-state index in [-0.39, 0.29) is 17.8 Å². The molecule has 0 bridgehead atoms. The number of hydrogen-bond donors (Lipinski definition) is 0. The number of halogens is 2.